The Hall–Kier alpha value is -1.55. The molecule has 1 aromatic carbocycles. The van der Waals surface area contributed by atoms with Gasteiger partial charge in [0.15, 0.2) is 0 Å². The number of amidine groups is 1. The third kappa shape index (κ3) is 3.45. The molecule has 14 heavy (non-hydrogen) atoms. The van der Waals surface area contributed by atoms with Gasteiger partial charge in [0.1, 0.15) is 12.4 Å². The molecule has 0 heterocycles. The molecule has 0 aliphatic heterocycles. The number of benzene rings is 1. The lowest BCUT2D eigenvalue weighted by molar-refractivity contribution is 0.130. The Labute approximate surface area is 83.5 Å². The Kier molecular flexibility index (Phi) is 3.94. The van der Waals surface area contributed by atoms with Gasteiger partial charge in [0.05, 0.1) is 0 Å². The summed E-state index contributed by atoms with van der Waals surface area (Å²) in [5.41, 5.74) is 12.9. The second-order valence-corrected chi connectivity index (χ2v) is 3.03. The highest BCUT2D eigenvalue weighted by molar-refractivity contribution is 5.76. The number of hydrogen-bond acceptors (Lipinski definition) is 3. The molecule has 0 unspecified atom stereocenters. The van der Waals surface area contributed by atoms with Crippen LogP contribution in [-0.2, 0) is 18.0 Å². The molecule has 0 aliphatic rings. The van der Waals surface area contributed by atoms with Gasteiger partial charge in [-0.2, -0.15) is 0 Å². The third-order valence-electron chi connectivity index (χ3n) is 1.67. The highest BCUT2D eigenvalue weighted by Crippen LogP contribution is 2.05. The Morgan fingerprint density at radius 3 is 2.79 bits per heavy atom. The molecule has 1 aromatic rings. The minimum Gasteiger partial charge on any atom is -0.390 e. The highest BCUT2D eigenvalue weighted by atomic mass is 16.6. The smallest absolute Gasteiger partial charge is 0.142 e. The molecule has 76 valence electrons. The molecule has 0 amide bonds. The van der Waals surface area contributed by atoms with E-state index in [-0.39, 0.29) is 0 Å². The maximum atomic E-state index is 5.51. The lowest BCUT2D eigenvalue weighted by Crippen LogP contribution is -2.06. The van der Waals surface area contributed by atoms with Crippen molar-refractivity contribution in [2.24, 2.45) is 16.6 Å². The fourth-order valence-corrected chi connectivity index (χ4v) is 1.06. The molecule has 0 spiro atoms. The number of nitrogens with zero attached hydrogens (tertiary/aromatic N) is 1. The predicted molar refractivity (Wildman–Crippen MR) is 56.4 cm³/mol. The minimum absolute atomic E-state index is 0.417. The summed E-state index contributed by atoms with van der Waals surface area (Å²) in [7, 11) is 0. The van der Waals surface area contributed by atoms with E-state index in [0.29, 0.717) is 19.0 Å². The average Bonchev–Trinajstić information content (AvgIpc) is 2.18. The number of nitrogens with two attached hydrogens (primary N) is 2. The monoisotopic (exact) mass is 193 g/mol. The average molecular weight is 193 g/mol. The summed E-state index contributed by atoms with van der Waals surface area (Å²) in [4.78, 5) is 5.00. The van der Waals surface area contributed by atoms with Crippen LogP contribution in [0.15, 0.2) is 29.4 Å². The Balaban J connectivity index is 2.54. The summed E-state index contributed by atoms with van der Waals surface area (Å²) in [6, 6.07) is 7.86. The Morgan fingerprint density at radius 2 is 2.14 bits per heavy atom. The zero-order chi connectivity index (χ0) is 10.4. The van der Waals surface area contributed by atoms with E-state index in [2.05, 4.69) is 5.16 Å². The normalized spacial score (nSPS) is 11.4. The molecule has 4 heteroatoms. The first-order valence-corrected chi connectivity index (χ1v) is 4.42. The summed E-state index contributed by atoms with van der Waals surface area (Å²) in [5.74, 6) is 0.417. The zero-order valence-corrected chi connectivity index (χ0v) is 8.23. The van der Waals surface area contributed by atoms with Crippen molar-refractivity contribution in [1.82, 2.24) is 0 Å². The van der Waals surface area contributed by atoms with Crippen molar-refractivity contribution in [3.63, 3.8) is 0 Å². The van der Waals surface area contributed by atoms with Gasteiger partial charge in [-0.05, 0) is 18.1 Å². The van der Waals surface area contributed by atoms with Crippen molar-refractivity contribution in [3.8, 4) is 0 Å². The van der Waals surface area contributed by atoms with Gasteiger partial charge in [-0.15, -0.1) is 0 Å². The first-order chi connectivity index (χ1) is 6.72. The second-order valence-electron chi connectivity index (χ2n) is 3.03. The summed E-state index contributed by atoms with van der Waals surface area (Å²) in [5, 5.41) is 3.64. The quantitative estimate of drug-likeness (QED) is 0.425. The molecule has 0 atom stereocenters. The molecular weight excluding hydrogens is 178 g/mol. The fourth-order valence-electron chi connectivity index (χ4n) is 1.06. The number of hydrogen-bond donors (Lipinski definition) is 2. The second kappa shape index (κ2) is 5.24. The predicted octanol–water partition coefficient (Wildman–Crippen LogP) is 0.954. The van der Waals surface area contributed by atoms with Crippen LogP contribution in [-0.4, -0.2) is 5.84 Å². The van der Waals surface area contributed by atoms with Crippen molar-refractivity contribution in [3.05, 3.63) is 35.4 Å². The van der Waals surface area contributed by atoms with Gasteiger partial charge in [-0.3, -0.25) is 0 Å². The van der Waals surface area contributed by atoms with Crippen LogP contribution in [0.4, 0.5) is 0 Å². The lowest BCUT2D eigenvalue weighted by atomic mass is 10.1. The fraction of sp³-hybridized carbons (Fsp3) is 0.300. The van der Waals surface area contributed by atoms with Crippen molar-refractivity contribution in [2.45, 2.75) is 20.1 Å². The summed E-state index contributed by atoms with van der Waals surface area (Å²) < 4.78 is 0. The maximum Gasteiger partial charge on any atom is 0.142 e. The van der Waals surface area contributed by atoms with Crippen LogP contribution in [0, 0.1) is 0 Å². The van der Waals surface area contributed by atoms with E-state index in [1.54, 1.807) is 6.92 Å². The molecular formula is C10H15N3O. The Bertz CT molecular complexity index is 319. The molecule has 4 N–H and O–H groups in total. The van der Waals surface area contributed by atoms with Gasteiger partial charge < -0.3 is 16.3 Å². The summed E-state index contributed by atoms with van der Waals surface area (Å²) in [6.07, 6.45) is 0. The van der Waals surface area contributed by atoms with Gasteiger partial charge in [0, 0.05) is 6.54 Å². The van der Waals surface area contributed by atoms with Crippen LogP contribution in [0.1, 0.15) is 18.1 Å². The van der Waals surface area contributed by atoms with Crippen LogP contribution in [0.2, 0.25) is 0 Å². The lowest BCUT2D eigenvalue weighted by Gasteiger charge is -2.02. The van der Waals surface area contributed by atoms with Crippen LogP contribution in [0.5, 0.6) is 0 Å². The van der Waals surface area contributed by atoms with Crippen LogP contribution >= 0.6 is 0 Å². The van der Waals surface area contributed by atoms with Gasteiger partial charge in [0.25, 0.3) is 0 Å². The van der Waals surface area contributed by atoms with E-state index in [0.717, 1.165) is 11.1 Å². The zero-order valence-electron chi connectivity index (χ0n) is 8.23. The molecule has 0 saturated carbocycles. The van der Waals surface area contributed by atoms with Crippen LogP contribution in [0.25, 0.3) is 0 Å². The molecule has 0 saturated heterocycles. The minimum atomic E-state index is 0.417. The number of rotatable bonds is 4. The SMILES string of the molecule is C/C(N)=N/OCc1cccc(CN)c1. The third-order valence-corrected chi connectivity index (χ3v) is 1.67. The standard InChI is InChI=1S/C10H15N3O/c1-8(12)13-14-7-10-4-2-3-9(5-10)6-11/h2-5H,6-7,11H2,1H3,(H2,12,13). The molecule has 0 aliphatic carbocycles. The molecule has 0 fully saturated rings. The van der Waals surface area contributed by atoms with Crippen molar-refractivity contribution in [2.75, 3.05) is 0 Å². The van der Waals surface area contributed by atoms with Crippen molar-refractivity contribution >= 4 is 5.84 Å². The number of oxime groups is 1. The molecule has 0 aromatic heterocycles. The van der Waals surface area contributed by atoms with Crippen molar-refractivity contribution < 1.29 is 4.84 Å². The van der Waals surface area contributed by atoms with Gasteiger partial charge in [-0.1, -0.05) is 29.4 Å². The first kappa shape index (κ1) is 10.5. The van der Waals surface area contributed by atoms with E-state index in [9.17, 15) is 0 Å². The molecule has 4 nitrogen and oxygen atoms in total. The first-order valence-electron chi connectivity index (χ1n) is 4.42. The van der Waals surface area contributed by atoms with Gasteiger partial charge in [-0.25, -0.2) is 0 Å². The van der Waals surface area contributed by atoms with E-state index < -0.39 is 0 Å². The van der Waals surface area contributed by atoms with Crippen LogP contribution < -0.4 is 11.5 Å². The largest absolute Gasteiger partial charge is 0.390 e. The highest BCUT2D eigenvalue weighted by Gasteiger charge is 1.94. The van der Waals surface area contributed by atoms with E-state index in [4.69, 9.17) is 16.3 Å². The van der Waals surface area contributed by atoms with Crippen molar-refractivity contribution in [1.29, 1.82) is 0 Å². The topological polar surface area (TPSA) is 73.6 Å². The van der Waals surface area contributed by atoms with E-state index >= 15 is 0 Å². The Morgan fingerprint density at radius 1 is 1.43 bits per heavy atom. The summed E-state index contributed by atoms with van der Waals surface area (Å²) in [6.45, 7) is 2.63. The van der Waals surface area contributed by atoms with E-state index in [1.165, 1.54) is 0 Å². The molecule has 1 rings (SSSR count). The maximum absolute atomic E-state index is 5.51. The van der Waals surface area contributed by atoms with Gasteiger partial charge in [0.2, 0.25) is 0 Å². The van der Waals surface area contributed by atoms with Crippen LogP contribution in [0.3, 0.4) is 0 Å². The molecule has 0 radical (unpaired) electrons. The van der Waals surface area contributed by atoms with E-state index in [1.807, 2.05) is 24.3 Å². The summed E-state index contributed by atoms with van der Waals surface area (Å²) >= 11 is 0. The van der Waals surface area contributed by atoms with Gasteiger partial charge >= 0.3 is 0 Å². The molecule has 0 bridgehead atoms.